The average molecular weight is 381 g/mol. The summed E-state index contributed by atoms with van der Waals surface area (Å²) in [6, 6.07) is 9.94. The Morgan fingerprint density at radius 3 is 2.79 bits per heavy atom. The van der Waals surface area contributed by atoms with E-state index in [9.17, 15) is 9.18 Å². The lowest BCUT2D eigenvalue weighted by Gasteiger charge is -2.47. The van der Waals surface area contributed by atoms with E-state index in [1.165, 1.54) is 29.4 Å². The lowest BCUT2D eigenvalue weighted by Crippen LogP contribution is -2.48. The standard InChI is InChI=1S/C23H28FN3O/c1-6-27-21-10-15(2)18(12-20(21)16(3)13-23(27,4)5)14-25-26-22(28)17-8-7-9-19(24)11-17/h7-12,14,16H,6,13H2,1-5H3,(H,26,28)/b25-14-. The number of nitrogens with zero attached hydrogens (tertiary/aromatic N) is 2. The van der Waals surface area contributed by atoms with Gasteiger partial charge in [-0.15, -0.1) is 0 Å². The fourth-order valence-electron chi connectivity index (χ4n) is 4.24. The van der Waals surface area contributed by atoms with Gasteiger partial charge in [-0.05, 0) is 87.1 Å². The molecule has 0 saturated heterocycles. The van der Waals surface area contributed by atoms with Crippen molar-refractivity contribution in [3.05, 3.63) is 64.5 Å². The third-order valence-electron chi connectivity index (χ3n) is 5.55. The maximum Gasteiger partial charge on any atom is 0.271 e. The van der Waals surface area contributed by atoms with Crippen molar-refractivity contribution in [2.45, 2.75) is 52.5 Å². The van der Waals surface area contributed by atoms with Crippen LogP contribution in [-0.4, -0.2) is 24.2 Å². The predicted molar refractivity (Wildman–Crippen MR) is 113 cm³/mol. The molecule has 1 N–H and O–H groups in total. The summed E-state index contributed by atoms with van der Waals surface area (Å²) < 4.78 is 13.3. The highest BCUT2D eigenvalue weighted by Crippen LogP contribution is 2.43. The summed E-state index contributed by atoms with van der Waals surface area (Å²) in [6.45, 7) is 12.0. The number of hydrogen-bond donors (Lipinski definition) is 1. The number of rotatable bonds is 4. The first kappa shape index (κ1) is 20.1. The fraction of sp³-hybridized carbons (Fsp3) is 0.391. The molecular weight excluding hydrogens is 353 g/mol. The quantitative estimate of drug-likeness (QED) is 0.598. The Hall–Kier alpha value is -2.69. The van der Waals surface area contributed by atoms with Gasteiger partial charge in [-0.3, -0.25) is 4.79 Å². The monoisotopic (exact) mass is 381 g/mol. The lowest BCUT2D eigenvalue weighted by molar-refractivity contribution is 0.0954. The second-order valence-electron chi connectivity index (χ2n) is 8.14. The van der Waals surface area contributed by atoms with Crippen molar-refractivity contribution in [1.82, 2.24) is 5.43 Å². The van der Waals surface area contributed by atoms with E-state index in [0.29, 0.717) is 5.92 Å². The Bertz CT molecular complexity index is 920. The highest BCUT2D eigenvalue weighted by molar-refractivity contribution is 5.95. The first-order chi connectivity index (χ1) is 13.2. The van der Waals surface area contributed by atoms with E-state index >= 15 is 0 Å². The predicted octanol–water partition coefficient (Wildman–Crippen LogP) is 5.01. The van der Waals surface area contributed by atoms with Gasteiger partial charge < -0.3 is 4.90 Å². The molecule has 5 heteroatoms. The van der Waals surface area contributed by atoms with E-state index in [0.717, 1.165) is 24.1 Å². The number of halogens is 1. The van der Waals surface area contributed by atoms with Crippen LogP contribution in [0.5, 0.6) is 0 Å². The van der Waals surface area contributed by atoms with Crippen LogP contribution in [0.1, 0.15) is 67.1 Å². The fourth-order valence-corrected chi connectivity index (χ4v) is 4.24. The van der Waals surface area contributed by atoms with Crippen molar-refractivity contribution < 1.29 is 9.18 Å². The maximum absolute atomic E-state index is 13.3. The van der Waals surface area contributed by atoms with E-state index in [2.05, 4.69) is 62.2 Å². The number of amides is 1. The average Bonchev–Trinajstić information content (AvgIpc) is 2.62. The molecule has 1 unspecified atom stereocenters. The first-order valence-electron chi connectivity index (χ1n) is 9.74. The van der Waals surface area contributed by atoms with Crippen molar-refractivity contribution >= 4 is 17.8 Å². The molecule has 3 rings (SSSR count). The van der Waals surface area contributed by atoms with Crippen molar-refractivity contribution in [3.63, 3.8) is 0 Å². The first-order valence-corrected chi connectivity index (χ1v) is 9.74. The lowest BCUT2D eigenvalue weighted by atomic mass is 9.79. The smallest absolute Gasteiger partial charge is 0.271 e. The van der Waals surface area contributed by atoms with E-state index in [1.807, 2.05) is 0 Å². The minimum Gasteiger partial charge on any atom is -0.366 e. The minimum atomic E-state index is -0.445. The molecule has 2 aromatic rings. The van der Waals surface area contributed by atoms with Crippen LogP contribution in [0, 0.1) is 12.7 Å². The van der Waals surface area contributed by atoms with Crippen LogP contribution >= 0.6 is 0 Å². The number of fused-ring (bicyclic) bond motifs is 1. The van der Waals surface area contributed by atoms with E-state index in [4.69, 9.17) is 0 Å². The summed E-state index contributed by atoms with van der Waals surface area (Å²) in [7, 11) is 0. The molecule has 0 aliphatic carbocycles. The molecule has 1 aliphatic rings. The number of carbonyl (C=O) groups excluding carboxylic acids is 1. The van der Waals surface area contributed by atoms with E-state index in [-0.39, 0.29) is 11.1 Å². The Morgan fingerprint density at radius 2 is 2.11 bits per heavy atom. The summed E-state index contributed by atoms with van der Waals surface area (Å²) in [6.07, 6.45) is 2.75. The molecule has 1 heterocycles. The second kappa shape index (κ2) is 7.74. The number of hydrazone groups is 1. The Balaban J connectivity index is 1.83. The molecule has 2 aromatic carbocycles. The van der Waals surface area contributed by atoms with Gasteiger partial charge in [0.25, 0.3) is 5.91 Å². The molecule has 0 saturated carbocycles. The topological polar surface area (TPSA) is 44.7 Å². The largest absolute Gasteiger partial charge is 0.366 e. The third-order valence-corrected chi connectivity index (χ3v) is 5.55. The zero-order chi connectivity index (χ0) is 20.5. The highest BCUT2D eigenvalue weighted by Gasteiger charge is 2.35. The molecule has 0 spiro atoms. The second-order valence-corrected chi connectivity index (χ2v) is 8.14. The number of hydrogen-bond acceptors (Lipinski definition) is 3. The SMILES string of the molecule is CCN1c2cc(C)c(/C=N\NC(=O)c3cccc(F)c3)cc2C(C)CC1(C)C. The minimum absolute atomic E-state index is 0.127. The van der Waals surface area contributed by atoms with Crippen LogP contribution in [0.15, 0.2) is 41.5 Å². The van der Waals surface area contributed by atoms with Crippen LogP contribution in [0.2, 0.25) is 0 Å². The molecule has 1 atom stereocenters. The summed E-state index contributed by atoms with van der Waals surface area (Å²) in [5, 5.41) is 4.09. The zero-order valence-corrected chi connectivity index (χ0v) is 17.2. The van der Waals surface area contributed by atoms with Crippen LogP contribution in [0.4, 0.5) is 10.1 Å². The van der Waals surface area contributed by atoms with Crippen LogP contribution < -0.4 is 10.3 Å². The molecule has 1 amide bonds. The summed E-state index contributed by atoms with van der Waals surface area (Å²) in [5.74, 6) is -0.430. The molecule has 1 aliphatic heterocycles. The summed E-state index contributed by atoms with van der Waals surface area (Å²) in [4.78, 5) is 14.6. The van der Waals surface area contributed by atoms with Crippen molar-refractivity contribution in [3.8, 4) is 0 Å². The molecular formula is C23H28FN3O. The Labute approximate surface area is 166 Å². The zero-order valence-electron chi connectivity index (χ0n) is 17.2. The number of anilines is 1. The number of benzene rings is 2. The van der Waals surface area contributed by atoms with E-state index in [1.54, 1.807) is 12.3 Å². The van der Waals surface area contributed by atoms with Gasteiger partial charge >= 0.3 is 0 Å². The molecule has 0 fully saturated rings. The number of nitrogens with one attached hydrogen (secondary N) is 1. The van der Waals surface area contributed by atoms with Gasteiger partial charge in [0.2, 0.25) is 0 Å². The van der Waals surface area contributed by atoms with Crippen LogP contribution in [0.3, 0.4) is 0 Å². The summed E-state index contributed by atoms with van der Waals surface area (Å²) >= 11 is 0. The molecule has 28 heavy (non-hydrogen) atoms. The van der Waals surface area contributed by atoms with Crippen LogP contribution in [-0.2, 0) is 0 Å². The maximum atomic E-state index is 13.3. The molecule has 4 nitrogen and oxygen atoms in total. The van der Waals surface area contributed by atoms with Crippen molar-refractivity contribution in [2.24, 2.45) is 5.10 Å². The molecule has 0 bridgehead atoms. The Kier molecular flexibility index (Phi) is 5.54. The molecule has 0 aromatic heterocycles. The van der Waals surface area contributed by atoms with Crippen molar-refractivity contribution in [2.75, 3.05) is 11.4 Å². The number of aryl methyl sites for hydroxylation is 1. The normalized spacial score (nSPS) is 18.2. The third kappa shape index (κ3) is 3.93. The summed E-state index contributed by atoms with van der Waals surface area (Å²) in [5.41, 5.74) is 7.52. The van der Waals surface area contributed by atoms with Gasteiger partial charge in [-0.2, -0.15) is 5.10 Å². The highest BCUT2D eigenvalue weighted by atomic mass is 19.1. The van der Waals surface area contributed by atoms with E-state index < -0.39 is 11.7 Å². The van der Waals surface area contributed by atoms with Gasteiger partial charge in [0.1, 0.15) is 5.82 Å². The van der Waals surface area contributed by atoms with Gasteiger partial charge in [-0.25, -0.2) is 9.82 Å². The number of carbonyl (C=O) groups is 1. The molecule has 148 valence electrons. The van der Waals surface area contributed by atoms with Gasteiger partial charge in [-0.1, -0.05) is 13.0 Å². The van der Waals surface area contributed by atoms with Gasteiger partial charge in [0, 0.05) is 23.3 Å². The van der Waals surface area contributed by atoms with Crippen molar-refractivity contribution in [1.29, 1.82) is 0 Å². The Morgan fingerprint density at radius 1 is 1.36 bits per heavy atom. The molecule has 0 radical (unpaired) electrons. The van der Waals surface area contributed by atoms with Gasteiger partial charge in [0.15, 0.2) is 0 Å². The van der Waals surface area contributed by atoms with Gasteiger partial charge in [0.05, 0.1) is 6.21 Å². The van der Waals surface area contributed by atoms with Crippen LogP contribution in [0.25, 0.3) is 0 Å².